The highest BCUT2D eigenvalue weighted by Gasteiger charge is 2.33. The number of carbonyl (C=O) groups excluding carboxylic acids is 1. The number of pyridine rings is 1. The van der Waals surface area contributed by atoms with Crippen LogP contribution in [0, 0.1) is 0 Å². The monoisotopic (exact) mass is 485 g/mol. The summed E-state index contributed by atoms with van der Waals surface area (Å²) in [5, 5.41) is 12.6. The summed E-state index contributed by atoms with van der Waals surface area (Å²) >= 11 is 0. The highest BCUT2D eigenvalue weighted by Crippen LogP contribution is 2.44. The van der Waals surface area contributed by atoms with Crippen molar-refractivity contribution in [3.05, 3.63) is 95.7 Å². The molecule has 0 bridgehead atoms. The fraction of sp³-hybridized carbons (Fsp3) is 0.241. The number of aliphatic hydroxyl groups is 1. The minimum Gasteiger partial charge on any atom is -0.487 e. The first-order chi connectivity index (χ1) is 17.2. The largest absolute Gasteiger partial charge is 0.487 e. The molecule has 7 heteroatoms. The van der Waals surface area contributed by atoms with E-state index in [9.17, 15) is 9.90 Å². The van der Waals surface area contributed by atoms with Crippen molar-refractivity contribution in [3.63, 3.8) is 0 Å². The molecule has 0 unspecified atom stereocenters. The van der Waals surface area contributed by atoms with E-state index in [1.165, 1.54) is 4.90 Å². The Morgan fingerprint density at radius 1 is 1.19 bits per heavy atom. The first-order valence-corrected chi connectivity index (χ1v) is 11.7. The van der Waals surface area contributed by atoms with E-state index in [1.807, 2.05) is 44.2 Å². The lowest BCUT2D eigenvalue weighted by molar-refractivity contribution is 0.0827. The highest BCUT2D eigenvalue weighted by molar-refractivity contribution is 5.94. The summed E-state index contributed by atoms with van der Waals surface area (Å²) in [6.45, 7) is 7.88. The number of benzene rings is 2. The van der Waals surface area contributed by atoms with Gasteiger partial charge in [0.05, 0.1) is 6.61 Å². The fourth-order valence-electron chi connectivity index (χ4n) is 4.00. The molecule has 3 aromatic rings. The Morgan fingerprint density at radius 2 is 1.94 bits per heavy atom. The molecule has 0 aliphatic carbocycles. The van der Waals surface area contributed by atoms with Gasteiger partial charge in [-0.2, -0.15) is 0 Å². The molecule has 0 saturated carbocycles. The van der Waals surface area contributed by atoms with Crippen molar-refractivity contribution in [1.29, 1.82) is 0 Å². The van der Waals surface area contributed by atoms with Crippen LogP contribution in [0.1, 0.15) is 40.9 Å². The first-order valence-electron chi connectivity index (χ1n) is 11.7. The van der Waals surface area contributed by atoms with Crippen LogP contribution in [0.4, 0.5) is 5.82 Å². The minimum atomic E-state index is -0.363. The molecule has 2 heterocycles. The Kier molecular flexibility index (Phi) is 7.12. The molecule has 1 amide bonds. The van der Waals surface area contributed by atoms with Gasteiger partial charge in [-0.15, -0.1) is 0 Å². The lowest BCUT2D eigenvalue weighted by Gasteiger charge is -2.17. The van der Waals surface area contributed by atoms with Crippen molar-refractivity contribution in [2.24, 2.45) is 0 Å². The van der Waals surface area contributed by atoms with Crippen LogP contribution in [-0.4, -0.2) is 40.6 Å². The Morgan fingerprint density at radius 3 is 2.56 bits per heavy atom. The van der Waals surface area contributed by atoms with Crippen molar-refractivity contribution < 1.29 is 19.4 Å². The van der Waals surface area contributed by atoms with Crippen LogP contribution in [-0.2, 0) is 13.0 Å². The smallest absolute Gasteiger partial charge is 0.253 e. The Bertz CT molecular complexity index is 1290. The molecule has 0 fully saturated rings. The van der Waals surface area contributed by atoms with Crippen molar-refractivity contribution >= 4 is 17.4 Å². The van der Waals surface area contributed by atoms with E-state index in [2.05, 4.69) is 16.9 Å². The third-order valence-electron chi connectivity index (χ3n) is 5.76. The van der Waals surface area contributed by atoms with E-state index in [1.54, 1.807) is 50.6 Å². The number of amides is 1. The predicted octanol–water partition coefficient (Wildman–Crippen LogP) is 5.42. The van der Waals surface area contributed by atoms with Crippen LogP contribution >= 0.6 is 0 Å². The number of fused-ring (bicyclic) bond motifs is 1. The molecule has 1 aromatic heterocycles. The molecule has 0 spiro atoms. The molecule has 0 atom stereocenters. The average Bonchev–Trinajstić information content (AvgIpc) is 3.18. The van der Waals surface area contributed by atoms with E-state index < -0.39 is 0 Å². The van der Waals surface area contributed by atoms with Crippen LogP contribution in [0.2, 0.25) is 0 Å². The quantitative estimate of drug-likeness (QED) is 0.415. The number of anilines is 1. The standard InChI is InChI=1S/C29H31N3O4/c1-6-7-24(31-27-13-8-19(18-33)17-30-27)21-14-25(23-16-29(2,3)36-26(23)15-21)35-22-11-9-20(10-12-22)28(34)32(4)5/h6-15,17,33H,1,16,18H2,2-5H3,(H,30,31)/b24-7+. The summed E-state index contributed by atoms with van der Waals surface area (Å²) in [6, 6.07) is 14.7. The molecule has 36 heavy (non-hydrogen) atoms. The van der Waals surface area contributed by atoms with Gasteiger partial charge in [-0.25, -0.2) is 4.98 Å². The van der Waals surface area contributed by atoms with E-state index in [0.29, 0.717) is 29.3 Å². The number of nitrogens with zero attached hydrogens (tertiary/aromatic N) is 2. The van der Waals surface area contributed by atoms with Crippen LogP contribution in [0.25, 0.3) is 5.70 Å². The van der Waals surface area contributed by atoms with E-state index >= 15 is 0 Å². The number of allylic oxidation sites excluding steroid dienone is 2. The topological polar surface area (TPSA) is 83.9 Å². The second-order valence-electron chi connectivity index (χ2n) is 9.47. The normalized spacial score (nSPS) is 14.0. The van der Waals surface area contributed by atoms with Gasteiger partial charge in [0.1, 0.15) is 28.7 Å². The zero-order valence-corrected chi connectivity index (χ0v) is 21.0. The maximum atomic E-state index is 12.2. The molecule has 7 nitrogen and oxygen atoms in total. The number of nitrogens with one attached hydrogen (secondary N) is 1. The van der Waals surface area contributed by atoms with Crippen molar-refractivity contribution in [1.82, 2.24) is 9.88 Å². The molecule has 0 saturated heterocycles. The number of aromatic nitrogens is 1. The summed E-state index contributed by atoms with van der Waals surface area (Å²) in [5.74, 6) is 2.63. The molecule has 1 aliphatic rings. The number of hydrogen-bond acceptors (Lipinski definition) is 6. The third kappa shape index (κ3) is 5.58. The van der Waals surface area contributed by atoms with Gasteiger partial charge >= 0.3 is 0 Å². The molecule has 186 valence electrons. The Hall–Kier alpha value is -4.10. The van der Waals surface area contributed by atoms with Gasteiger partial charge in [-0.1, -0.05) is 18.7 Å². The second-order valence-corrected chi connectivity index (χ2v) is 9.47. The van der Waals surface area contributed by atoms with Gasteiger partial charge in [0, 0.05) is 49.1 Å². The molecule has 2 N–H and O–H groups in total. The summed E-state index contributed by atoms with van der Waals surface area (Å²) in [7, 11) is 3.45. The van der Waals surface area contributed by atoms with Crippen LogP contribution in [0.15, 0.2) is 73.5 Å². The number of ether oxygens (including phenoxy) is 2. The molecular formula is C29H31N3O4. The third-order valence-corrected chi connectivity index (χ3v) is 5.76. The van der Waals surface area contributed by atoms with Crippen LogP contribution in [0.3, 0.4) is 0 Å². The van der Waals surface area contributed by atoms with Gasteiger partial charge in [0.25, 0.3) is 5.91 Å². The molecular weight excluding hydrogens is 454 g/mol. The molecule has 1 aliphatic heterocycles. The van der Waals surface area contributed by atoms with E-state index in [4.69, 9.17) is 9.47 Å². The fourth-order valence-corrected chi connectivity index (χ4v) is 4.00. The SMILES string of the molecule is C=C/C=C(/Nc1ccc(CO)cn1)c1cc(Oc2ccc(C(=O)N(C)C)cc2)c2c(c1)OC(C)(C)C2. The molecule has 2 aromatic carbocycles. The van der Waals surface area contributed by atoms with Crippen molar-refractivity contribution in [2.45, 2.75) is 32.5 Å². The van der Waals surface area contributed by atoms with Gasteiger partial charge in [0.15, 0.2) is 0 Å². The van der Waals surface area contributed by atoms with Gasteiger partial charge < -0.3 is 24.8 Å². The highest BCUT2D eigenvalue weighted by atomic mass is 16.5. The van der Waals surface area contributed by atoms with Crippen molar-refractivity contribution in [3.8, 4) is 17.2 Å². The number of hydrogen-bond donors (Lipinski definition) is 2. The zero-order valence-electron chi connectivity index (χ0n) is 21.0. The lowest BCUT2D eigenvalue weighted by Crippen LogP contribution is -2.24. The van der Waals surface area contributed by atoms with Gasteiger partial charge in [0.2, 0.25) is 0 Å². The van der Waals surface area contributed by atoms with Crippen molar-refractivity contribution in [2.75, 3.05) is 19.4 Å². The van der Waals surface area contributed by atoms with E-state index in [-0.39, 0.29) is 18.1 Å². The Labute approximate surface area is 211 Å². The second kappa shape index (κ2) is 10.3. The van der Waals surface area contributed by atoms with Crippen LogP contribution < -0.4 is 14.8 Å². The summed E-state index contributed by atoms with van der Waals surface area (Å²) in [6.07, 6.45) is 5.88. The maximum absolute atomic E-state index is 12.2. The number of carbonyl (C=O) groups is 1. The summed E-state index contributed by atoms with van der Waals surface area (Å²) < 4.78 is 12.6. The lowest BCUT2D eigenvalue weighted by atomic mass is 9.99. The average molecular weight is 486 g/mol. The Balaban J connectivity index is 1.68. The summed E-state index contributed by atoms with van der Waals surface area (Å²) in [4.78, 5) is 18.2. The number of rotatable bonds is 8. The zero-order chi connectivity index (χ0) is 25.9. The summed E-state index contributed by atoms with van der Waals surface area (Å²) in [5.41, 5.74) is 3.56. The first kappa shape index (κ1) is 25.0. The van der Waals surface area contributed by atoms with Crippen LogP contribution in [0.5, 0.6) is 17.2 Å². The van der Waals surface area contributed by atoms with Gasteiger partial charge in [-0.05, 0) is 68.0 Å². The molecule has 4 rings (SSSR count). The molecule has 0 radical (unpaired) electrons. The maximum Gasteiger partial charge on any atom is 0.253 e. The van der Waals surface area contributed by atoms with E-state index in [0.717, 1.165) is 28.1 Å². The predicted molar refractivity (Wildman–Crippen MR) is 141 cm³/mol. The van der Waals surface area contributed by atoms with Gasteiger partial charge in [-0.3, -0.25) is 4.79 Å². The minimum absolute atomic E-state index is 0.0639. The number of aliphatic hydroxyl groups excluding tert-OH is 1.